The average Bonchev–Trinajstić information content (AvgIpc) is 2.66. The Labute approximate surface area is 158 Å². The van der Waals surface area contributed by atoms with Crippen molar-refractivity contribution in [2.75, 3.05) is 19.7 Å². The van der Waals surface area contributed by atoms with Crippen molar-refractivity contribution in [2.24, 2.45) is 0 Å². The molecular formula is C20H23ClN2O3. The first-order chi connectivity index (χ1) is 12.6. The summed E-state index contributed by atoms with van der Waals surface area (Å²) in [4.78, 5) is 23.7. The highest BCUT2D eigenvalue weighted by Crippen LogP contribution is 2.16. The van der Waals surface area contributed by atoms with Gasteiger partial charge in [0.15, 0.2) is 0 Å². The minimum atomic E-state index is -0.370. The van der Waals surface area contributed by atoms with E-state index in [0.29, 0.717) is 30.2 Å². The summed E-state index contributed by atoms with van der Waals surface area (Å²) in [5.74, 6) is -0.618. The Kier molecular flexibility index (Phi) is 8.12. The fourth-order valence-corrected chi connectivity index (χ4v) is 2.57. The van der Waals surface area contributed by atoms with Crippen LogP contribution >= 0.6 is 11.6 Å². The normalized spacial score (nSPS) is 11.6. The molecule has 2 aromatic carbocycles. The van der Waals surface area contributed by atoms with Crippen LogP contribution in [-0.2, 0) is 9.53 Å². The molecule has 0 saturated heterocycles. The molecule has 0 bridgehead atoms. The third-order valence-corrected chi connectivity index (χ3v) is 4.14. The predicted octanol–water partition coefficient (Wildman–Crippen LogP) is 3.35. The number of amides is 2. The number of hydrogen-bond donors (Lipinski definition) is 2. The van der Waals surface area contributed by atoms with E-state index in [-0.39, 0.29) is 24.5 Å². The molecule has 0 heterocycles. The summed E-state index contributed by atoms with van der Waals surface area (Å²) in [6, 6.07) is 16.7. The molecule has 0 aromatic heterocycles. The zero-order valence-electron chi connectivity index (χ0n) is 14.7. The van der Waals surface area contributed by atoms with Gasteiger partial charge in [-0.1, -0.05) is 54.1 Å². The van der Waals surface area contributed by atoms with Gasteiger partial charge in [0.05, 0.1) is 23.2 Å². The van der Waals surface area contributed by atoms with Gasteiger partial charge in [0.2, 0.25) is 5.91 Å². The second kappa shape index (κ2) is 10.6. The number of nitrogens with one attached hydrogen (secondary N) is 2. The van der Waals surface area contributed by atoms with Crippen LogP contribution in [0, 0.1) is 0 Å². The summed E-state index contributed by atoms with van der Waals surface area (Å²) >= 11 is 5.95. The highest BCUT2D eigenvalue weighted by molar-refractivity contribution is 6.33. The van der Waals surface area contributed by atoms with Crippen molar-refractivity contribution in [3.63, 3.8) is 0 Å². The molecule has 2 rings (SSSR count). The number of benzene rings is 2. The maximum absolute atomic E-state index is 12.0. The van der Waals surface area contributed by atoms with Crippen LogP contribution in [0.1, 0.15) is 35.4 Å². The Morgan fingerprint density at radius 1 is 1.04 bits per heavy atom. The lowest BCUT2D eigenvalue weighted by Crippen LogP contribution is -2.37. The van der Waals surface area contributed by atoms with Gasteiger partial charge in [-0.05, 0) is 31.0 Å². The third-order valence-electron chi connectivity index (χ3n) is 3.81. The summed E-state index contributed by atoms with van der Waals surface area (Å²) < 4.78 is 5.74. The van der Waals surface area contributed by atoms with Gasteiger partial charge < -0.3 is 15.4 Å². The molecule has 26 heavy (non-hydrogen) atoms. The molecule has 0 saturated carbocycles. The van der Waals surface area contributed by atoms with E-state index < -0.39 is 0 Å². The van der Waals surface area contributed by atoms with E-state index in [4.69, 9.17) is 16.3 Å². The Hall–Kier alpha value is -2.37. The Morgan fingerprint density at radius 2 is 1.73 bits per heavy atom. The van der Waals surface area contributed by atoms with Crippen molar-refractivity contribution < 1.29 is 14.3 Å². The smallest absolute Gasteiger partial charge is 0.253 e. The van der Waals surface area contributed by atoms with Gasteiger partial charge in [-0.2, -0.15) is 0 Å². The lowest BCUT2D eigenvalue weighted by molar-refractivity contribution is -0.120. The fraction of sp³-hybridized carbons (Fsp3) is 0.300. The van der Waals surface area contributed by atoms with Crippen molar-refractivity contribution >= 4 is 23.4 Å². The molecule has 5 nitrogen and oxygen atoms in total. The quantitative estimate of drug-likeness (QED) is 0.661. The van der Waals surface area contributed by atoms with Crippen LogP contribution < -0.4 is 10.6 Å². The Bertz CT molecular complexity index is 722. The topological polar surface area (TPSA) is 67.4 Å². The monoisotopic (exact) mass is 374 g/mol. The van der Waals surface area contributed by atoms with Crippen molar-refractivity contribution in [3.8, 4) is 0 Å². The van der Waals surface area contributed by atoms with Crippen LogP contribution in [0.15, 0.2) is 54.6 Å². The summed E-state index contributed by atoms with van der Waals surface area (Å²) in [5, 5.41) is 5.66. The van der Waals surface area contributed by atoms with Gasteiger partial charge in [-0.3, -0.25) is 9.59 Å². The lowest BCUT2D eigenvalue weighted by atomic mass is 10.1. The second-order valence-corrected chi connectivity index (χ2v) is 6.20. The molecule has 2 aromatic rings. The first kappa shape index (κ1) is 19.9. The maximum atomic E-state index is 12.0. The maximum Gasteiger partial charge on any atom is 0.253 e. The number of ether oxygens (including phenoxy) is 1. The van der Waals surface area contributed by atoms with E-state index >= 15 is 0 Å². The van der Waals surface area contributed by atoms with Crippen LogP contribution in [0.4, 0.5) is 0 Å². The van der Waals surface area contributed by atoms with Gasteiger partial charge in [-0.15, -0.1) is 0 Å². The highest BCUT2D eigenvalue weighted by Gasteiger charge is 2.10. The molecule has 0 radical (unpaired) electrons. The number of carbonyl (C=O) groups is 2. The van der Waals surface area contributed by atoms with Crippen LogP contribution in [0.5, 0.6) is 0 Å². The molecule has 0 fully saturated rings. The van der Waals surface area contributed by atoms with E-state index in [0.717, 1.165) is 5.56 Å². The van der Waals surface area contributed by atoms with Crippen molar-refractivity contribution in [3.05, 3.63) is 70.7 Å². The SMILES string of the molecule is CC(OCCCNC(=O)CNC(=O)c1ccccc1Cl)c1ccccc1. The molecule has 6 heteroatoms. The van der Waals surface area contributed by atoms with Crippen molar-refractivity contribution in [2.45, 2.75) is 19.4 Å². The zero-order chi connectivity index (χ0) is 18.8. The summed E-state index contributed by atoms with van der Waals surface area (Å²) in [6.45, 7) is 2.94. The molecule has 2 amide bonds. The summed E-state index contributed by atoms with van der Waals surface area (Å²) in [5.41, 5.74) is 1.48. The first-order valence-electron chi connectivity index (χ1n) is 8.54. The first-order valence-corrected chi connectivity index (χ1v) is 8.91. The number of halogens is 1. The van der Waals surface area contributed by atoms with E-state index in [9.17, 15) is 9.59 Å². The van der Waals surface area contributed by atoms with E-state index in [1.54, 1.807) is 24.3 Å². The van der Waals surface area contributed by atoms with E-state index in [1.807, 2.05) is 37.3 Å². The minimum absolute atomic E-state index is 0.0156. The van der Waals surface area contributed by atoms with Gasteiger partial charge in [0, 0.05) is 13.2 Å². The average molecular weight is 375 g/mol. The molecule has 138 valence electrons. The number of hydrogen-bond acceptors (Lipinski definition) is 3. The van der Waals surface area contributed by atoms with E-state index in [2.05, 4.69) is 10.6 Å². The van der Waals surface area contributed by atoms with Gasteiger partial charge in [-0.25, -0.2) is 0 Å². The standard InChI is InChI=1S/C20H23ClN2O3/c1-15(16-8-3-2-4-9-16)26-13-7-12-22-19(24)14-23-20(25)17-10-5-6-11-18(17)21/h2-6,8-11,15H,7,12-14H2,1H3,(H,22,24)(H,23,25). The minimum Gasteiger partial charge on any atom is -0.374 e. The molecule has 0 spiro atoms. The van der Waals surface area contributed by atoms with Crippen LogP contribution in [0.25, 0.3) is 0 Å². The van der Waals surface area contributed by atoms with Crippen molar-refractivity contribution in [1.82, 2.24) is 10.6 Å². The molecule has 0 aliphatic carbocycles. The molecule has 1 atom stereocenters. The Balaban J connectivity index is 1.59. The Morgan fingerprint density at radius 3 is 2.46 bits per heavy atom. The van der Waals surface area contributed by atoms with E-state index in [1.165, 1.54) is 0 Å². The molecular weight excluding hydrogens is 352 g/mol. The molecule has 1 unspecified atom stereocenters. The molecule has 0 aliphatic rings. The van der Waals surface area contributed by atoms with Gasteiger partial charge >= 0.3 is 0 Å². The molecule has 2 N–H and O–H groups in total. The third kappa shape index (κ3) is 6.50. The lowest BCUT2D eigenvalue weighted by Gasteiger charge is -2.13. The number of carbonyl (C=O) groups excluding carboxylic acids is 2. The zero-order valence-corrected chi connectivity index (χ0v) is 15.5. The van der Waals surface area contributed by atoms with Crippen LogP contribution in [0.2, 0.25) is 5.02 Å². The summed E-state index contributed by atoms with van der Waals surface area (Å²) in [6.07, 6.45) is 0.711. The van der Waals surface area contributed by atoms with Gasteiger partial charge in [0.25, 0.3) is 5.91 Å². The predicted molar refractivity (Wildman–Crippen MR) is 102 cm³/mol. The molecule has 0 aliphatic heterocycles. The number of rotatable bonds is 9. The van der Waals surface area contributed by atoms with Gasteiger partial charge in [0.1, 0.15) is 0 Å². The second-order valence-electron chi connectivity index (χ2n) is 5.79. The highest BCUT2D eigenvalue weighted by atomic mass is 35.5. The van der Waals surface area contributed by atoms with Crippen molar-refractivity contribution in [1.29, 1.82) is 0 Å². The largest absolute Gasteiger partial charge is 0.374 e. The summed E-state index contributed by atoms with van der Waals surface area (Å²) in [7, 11) is 0. The van der Waals surface area contributed by atoms with Crippen LogP contribution in [0.3, 0.4) is 0 Å². The fourth-order valence-electron chi connectivity index (χ4n) is 2.34. The van der Waals surface area contributed by atoms with Crippen LogP contribution in [-0.4, -0.2) is 31.5 Å².